The number of likely N-dealkylation sites (N-methyl/N-ethyl adjacent to an activating group) is 1. The zero-order valence-corrected chi connectivity index (χ0v) is 11.8. The average Bonchev–Trinajstić information content (AvgIpc) is 2.56. The molecule has 0 radical (unpaired) electrons. The number of hydrogen-bond acceptors (Lipinski definition) is 2. The van der Waals surface area contributed by atoms with Crippen molar-refractivity contribution in [1.29, 1.82) is 0 Å². The first-order valence-electron chi connectivity index (χ1n) is 5.54. The number of carbonyl (C=O) groups excluding carboxylic acids is 1. The molecule has 2 rings (SSSR count). The van der Waals surface area contributed by atoms with Gasteiger partial charge < -0.3 is 10.6 Å². The standard InChI is InChI=1S/C12H14BrClN2O/c1-2-16-11(17)6-10(15)12(16)8-5-7(14)3-4-9(8)13/h3-5,10,12H,2,6,15H2,1H3. The highest BCUT2D eigenvalue weighted by Crippen LogP contribution is 2.36. The lowest BCUT2D eigenvalue weighted by Crippen LogP contribution is -2.33. The Hall–Kier alpha value is -0.580. The fourth-order valence-corrected chi connectivity index (χ4v) is 2.99. The van der Waals surface area contributed by atoms with Crippen molar-refractivity contribution in [2.45, 2.75) is 25.4 Å². The molecule has 0 spiro atoms. The van der Waals surface area contributed by atoms with Gasteiger partial charge in [0, 0.05) is 28.5 Å². The Morgan fingerprint density at radius 3 is 2.94 bits per heavy atom. The van der Waals surface area contributed by atoms with Crippen LogP contribution in [-0.4, -0.2) is 23.4 Å². The molecule has 3 nitrogen and oxygen atoms in total. The fourth-order valence-electron chi connectivity index (χ4n) is 2.33. The number of carbonyl (C=O) groups is 1. The van der Waals surface area contributed by atoms with Gasteiger partial charge in [0.05, 0.1) is 6.04 Å². The van der Waals surface area contributed by atoms with Crippen molar-refractivity contribution in [3.63, 3.8) is 0 Å². The first kappa shape index (κ1) is 12.9. The summed E-state index contributed by atoms with van der Waals surface area (Å²) in [6.45, 7) is 2.62. The number of likely N-dealkylation sites (tertiary alicyclic amines) is 1. The zero-order valence-electron chi connectivity index (χ0n) is 9.49. The second-order valence-electron chi connectivity index (χ2n) is 4.16. The van der Waals surface area contributed by atoms with Crippen molar-refractivity contribution in [2.75, 3.05) is 6.54 Å². The van der Waals surface area contributed by atoms with Gasteiger partial charge >= 0.3 is 0 Å². The monoisotopic (exact) mass is 316 g/mol. The SMILES string of the molecule is CCN1C(=O)CC(N)C1c1cc(Cl)ccc1Br. The lowest BCUT2D eigenvalue weighted by Gasteiger charge is -2.27. The summed E-state index contributed by atoms with van der Waals surface area (Å²) in [5.74, 6) is 0.108. The zero-order chi connectivity index (χ0) is 12.6. The van der Waals surface area contributed by atoms with Gasteiger partial charge in [-0.15, -0.1) is 0 Å². The molecular formula is C12H14BrClN2O. The minimum atomic E-state index is -0.169. The molecule has 17 heavy (non-hydrogen) atoms. The predicted molar refractivity (Wildman–Crippen MR) is 71.9 cm³/mol. The summed E-state index contributed by atoms with van der Waals surface area (Å²) in [7, 11) is 0. The van der Waals surface area contributed by atoms with Crippen molar-refractivity contribution in [2.24, 2.45) is 5.73 Å². The molecule has 0 bridgehead atoms. The second-order valence-corrected chi connectivity index (χ2v) is 5.45. The number of nitrogens with two attached hydrogens (primary N) is 1. The molecule has 5 heteroatoms. The summed E-state index contributed by atoms with van der Waals surface area (Å²) in [6, 6.07) is 5.32. The van der Waals surface area contributed by atoms with Gasteiger partial charge in [0.15, 0.2) is 0 Å². The van der Waals surface area contributed by atoms with E-state index < -0.39 is 0 Å². The molecule has 1 aliphatic rings. The van der Waals surface area contributed by atoms with Crippen LogP contribution in [0.15, 0.2) is 22.7 Å². The summed E-state index contributed by atoms with van der Waals surface area (Å²) in [6.07, 6.45) is 0.400. The molecule has 92 valence electrons. The van der Waals surface area contributed by atoms with Crippen molar-refractivity contribution >= 4 is 33.4 Å². The number of hydrogen-bond donors (Lipinski definition) is 1. The highest BCUT2D eigenvalue weighted by atomic mass is 79.9. The van der Waals surface area contributed by atoms with Crippen LogP contribution in [0.5, 0.6) is 0 Å². The molecule has 1 aromatic carbocycles. The molecule has 2 atom stereocenters. The van der Waals surface area contributed by atoms with Gasteiger partial charge in [0.1, 0.15) is 0 Å². The molecule has 1 amide bonds. The van der Waals surface area contributed by atoms with Crippen LogP contribution < -0.4 is 5.73 Å². The van der Waals surface area contributed by atoms with Crippen LogP contribution >= 0.6 is 27.5 Å². The molecule has 1 saturated heterocycles. The molecule has 2 N–H and O–H groups in total. The van der Waals surface area contributed by atoms with E-state index in [0.717, 1.165) is 10.0 Å². The van der Waals surface area contributed by atoms with Crippen LogP contribution in [0, 0.1) is 0 Å². The third-order valence-electron chi connectivity index (χ3n) is 3.09. The largest absolute Gasteiger partial charge is 0.334 e. The van der Waals surface area contributed by atoms with Gasteiger partial charge in [-0.2, -0.15) is 0 Å². The van der Waals surface area contributed by atoms with Crippen LogP contribution in [0.3, 0.4) is 0 Å². The van der Waals surface area contributed by atoms with Crippen LogP contribution in [0.2, 0.25) is 5.02 Å². The lowest BCUT2D eigenvalue weighted by atomic mass is 10.0. The molecule has 1 fully saturated rings. The highest BCUT2D eigenvalue weighted by Gasteiger charge is 2.38. The predicted octanol–water partition coefficient (Wildman–Crippen LogP) is 2.72. The van der Waals surface area contributed by atoms with Crippen LogP contribution in [0.25, 0.3) is 0 Å². The Labute approximate surface area is 114 Å². The molecule has 2 unspecified atom stereocenters. The van der Waals surface area contributed by atoms with E-state index >= 15 is 0 Å². The van der Waals surface area contributed by atoms with E-state index in [2.05, 4.69) is 15.9 Å². The van der Waals surface area contributed by atoms with E-state index in [1.165, 1.54) is 0 Å². The maximum Gasteiger partial charge on any atom is 0.224 e. The first-order valence-corrected chi connectivity index (χ1v) is 6.71. The molecule has 0 aromatic heterocycles. The van der Waals surface area contributed by atoms with Gasteiger partial charge in [-0.25, -0.2) is 0 Å². The highest BCUT2D eigenvalue weighted by molar-refractivity contribution is 9.10. The van der Waals surface area contributed by atoms with Crippen molar-refractivity contribution in [3.8, 4) is 0 Å². The van der Waals surface area contributed by atoms with Crippen molar-refractivity contribution < 1.29 is 4.79 Å². The Balaban J connectivity index is 2.44. The Morgan fingerprint density at radius 2 is 2.29 bits per heavy atom. The number of nitrogens with zero attached hydrogens (tertiary/aromatic N) is 1. The minimum absolute atomic E-state index is 0.0828. The Bertz CT molecular complexity index is 452. The van der Waals surface area contributed by atoms with E-state index in [4.69, 9.17) is 17.3 Å². The van der Waals surface area contributed by atoms with Gasteiger partial charge in [-0.3, -0.25) is 4.79 Å². The summed E-state index contributed by atoms with van der Waals surface area (Å²) in [5.41, 5.74) is 7.04. The normalized spacial score (nSPS) is 24.5. The van der Waals surface area contributed by atoms with Crippen LogP contribution in [0.1, 0.15) is 24.9 Å². The van der Waals surface area contributed by atoms with Crippen molar-refractivity contribution in [1.82, 2.24) is 4.90 Å². The summed E-state index contributed by atoms with van der Waals surface area (Å²) < 4.78 is 0.940. The average molecular weight is 318 g/mol. The van der Waals surface area contributed by atoms with E-state index in [1.54, 1.807) is 4.90 Å². The molecule has 0 aliphatic carbocycles. The Kier molecular flexibility index (Phi) is 3.76. The number of amides is 1. The van der Waals surface area contributed by atoms with E-state index in [9.17, 15) is 4.79 Å². The van der Waals surface area contributed by atoms with Crippen molar-refractivity contribution in [3.05, 3.63) is 33.3 Å². The molecule has 1 heterocycles. The lowest BCUT2D eigenvalue weighted by molar-refractivity contribution is -0.128. The van der Waals surface area contributed by atoms with E-state index in [0.29, 0.717) is 18.0 Å². The molecule has 0 saturated carbocycles. The van der Waals surface area contributed by atoms with Crippen LogP contribution in [0.4, 0.5) is 0 Å². The smallest absolute Gasteiger partial charge is 0.224 e. The third-order valence-corrected chi connectivity index (χ3v) is 4.05. The molecular weight excluding hydrogens is 304 g/mol. The number of halogens is 2. The second kappa shape index (κ2) is 4.96. The summed E-state index contributed by atoms with van der Waals surface area (Å²) in [4.78, 5) is 13.6. The van der Waals surface area contributed by atoms with Gasteiger partial charge in [-0.1, -0.05) is 27.5 Å². The third kappa shape index (κ3) is 2.34. The number of rotatable bonds is 2. The van der Waals surface area contributed by atoms with Gasteiger partial charge in [0.2, 0.25) is 5.91 Å². The summed E-state index contributed by atoms with van der Waals surface area (Å²) in [5, 5.41) is 0.658. The van der Waals surface area contributed by atoms with Gasteiger partial charge in [-0.05, 0) is 30.7 Å². The fraction of sp³-hybridized carbons (Fsp3) is 0.417. The summed E-state index contributed by atoms with van der Waals surface area (Å²) >= 11 is 9.50. The maximum absolute atomic E-state index is 11.8. The molecule has 1 aliphatic heterocycles. The van der Waals surface area contributed by atoms with E-state index in [-0.39, 0.29) is 18.0 Å². The first-order chi connectivity index (χ1) is 8.04. The minimum Gasteiger partial charge on any atom is -0.334 e. The van der Waals surface area contributed by atoms with Crippen LogP contribution in [-0.2, 0) is 4.79 Å². The van der Waals surface area contributed by atoms with Gasteiger partial charge in [0.25, 0.3) is 0 Å². The number of benzene rings is 1. The maximum atomic E-state index is 11.8. The molecule has 1 aromatic rings. The van der Waals surface area contributed by atoms with E-state index in [1.807, 2.05) is 25.1 Å². The topological polar surface area (TPSA) is 46.3 Å². The Morgan fingerprint density at radius 1 is 1.59 bits per heavy atom. The quantitative estimate of drug-likeness (QED) is 0.911.